The van der Waals surface area contributed by atoms with Crippen molar-refractivity contribution < 1.29 is 18.7 Å². The van der Waals surface area contributed by atoms with Crippen molar-refractivity contribution in [1.82, 2.24) is 10.2 Å². The summed E-state index contributed by atoms with van der Waals surface area (Å²) in [7, 11) is 0. The van der Waals surface area contributed by atoms with E-state index in [1.165, 1.54) is 18.3 Å². The third-order valence-corrected chi connectivity index (χ3v) is 5.50. The van der Waals surface area contributed by atoms with Gasteiger partial charge < -0.3 is 9.47 Å². The molecule has 1 aliphatic rings. The molecule has 0 bridgehead atoms. The van der Waals surface area contributed by atoms with Crippen molar-refractivity contribution in [2.24, 2.45) is 0 Å². The van der Waals surface area contributed by atoms with Gasteiger partial charge in [0.2, 0.25) is 0 Å². The van der Waals surface area contributed by atoms with E-state index in [1.807, 2.05) is 12.1 Å². The number of esters is 1. The Morgan fingerprint density at radius 2 is 1.88 bits per heavy atom. The third-order valence-electron chi connectivity index (χ3n) is 5.27. The van der Waals surface area contributed by atoms with Crippen LogP contribution in [0.5, 0.6) is 5.75 Å². The van der Waals surface area contributed by atoms with Gasteiger partial charge in [0.25, 0.3) is 0 Å². The Kier molecular flexibility index (Phi) is 6.81. The topological polar surface area (TPSA) is 61.3 Å². The number of aromatic nitrogens is 2. The summed E-state index contributed by atoms with van der Waals surface area (Å²) in [5, 5.41) is 8.88. The van der Waals surface area contributed by atoms with Crippen LogP contribution in [0.4, 0.5) is 4.39 Å². The highest BCUT2D eigenvalue weighted by molar-refractivity contribution is 6.30. The van der Waals surface area contributed by atoms with Crippen molar-refractivity contribution in [2.75, 3.05) is 6.61 Å². The molecule has 164 valence electrons. The first-order chi connectivity index (χ1) is 15.5. The summed E-state index contributed by atoms with van der Waals surface area (Å²) in [4.78, 5) is 12.1. The number of carbonyl (C=O) groups is 1. The number of halogens is 2. The first-order valence-corrected chi connectivity index (χ1v) is 10.8. The van der Waals surface area contributed by atoms with Gasteiger partial charge in [0.05, 0.1) is 24.1 Å². The number of allylic oxidation sites excluding steroid dienone is 2. The second kappa shape index (κ2) is 9.92. The summed E-state index contributed by atoms with van der Waals surface area (Å²) in [6.07, 6.45) is 3.99. The highest BCUT2D eigenvalue weighted by Gasteiger charge is 2.23. The first-order valence-electron chi connectivity index (χ1n) is 10.4. The molecule has 0 spiro atoms. The standard InChI is InChI=1S/C25H22ClFN2O3/c1-2-31-25(30)17-12-23(29-28-14-17)21-5-3-4-20(21)22-13-18(26)8-11-24(22)32-15-16-6-9-19(27)10-7-16/h6-14H,2-5,15H2,1H3. The summed E-state index contributed by atoms with van der Waals surface area (Å²) >= 11 is 6.32. The maximum absolute atomic E-state index is 13.2. The summed E-state index contributed by atoms with van der Waals surface area (Å²) in [5.41, 5.74) is 4.84. The van der Waals surface area contributed by atoms with Gasteiger partial charge in [0.1, 0.15) is 18.2 Å². The van der Waals surface area contributed by atoms with Gasteiger partial charge in [-0.15, -0.1) is 0 Å². The number of hydrogen-bond donors (Lipinski definition) is 0. The van der Waals surface area contributed by atoms with Crippen molar-refractivity contribution in [3.63, 3.8) is 0 Å². The lowest BCUT2D eigenvalue weighted by atomic mass is 9.98. The fourth-order valence-electron chi connectivity index (χ4n) is 3.77. The van der Waals surface area contributed by atoms with Crippen LogP contribution in [0, 0.1) is 5.82 Å². The molecule has 5 nitrogen and oxygen atoms in total. The lowest BCUT2D eigenvalue weighted by molar-refractivity contribution is 0.0525. The van der Waals surface area contributed by atoms with E-state index in [0.29, 0.717) is 35.2 Å². The maximum atomic E-state index is 13.2. The van der Waals surface area contributed by atoms with Crippen molar-refractivity contribution in [2.45, 2.75) is 32.8 Å². The summed E-state index contributed by atoms with van der Waals surface area (Å²) in [6, 6.07) is 13.4. The second-order valence-corrected chi connectivity index (χ2v) is 7.85. The minimum Gasteiger partial charge on any atom is -0.488 e. The van der Waals surface area contributed by atoms with Crippen LogP contribution in [-0.4, -0.2) is 22.8 Å². The molecule has 0 fully saturated rings. The molecule has 0 radical (unpaired) electrons. The van der Waals surface area contributed by atoms with Crippen LogP contribution in [-0.2, 0) is 11.3 Å². The minimum absolute atomic E-state index is 0.284. The van der Waals surface area contributed by atoms with Gasteiger partial charge in [-0.1, -0.05) is 23.7 Å². The van der Waals surface area contributed by atoms with E-state index >= 15 is 0 Å². The number of carbonyl (C=O) groups excluding carboxylic acids is 1. The molecule has 0 saturated heterocycles. The molecular formula is C25H22ClFN2O3. The van der Waals surface area contributed by atoms with E-state index in [1.54, 1.807) is 31.2 Å². The molecule has 0 N–H and O–H groups in total. The van der Waals surface area contributed by atoms with E-state index in [9.17, 15) is 9.18 Å². The molecule has 0 aliphatic heterocycles. The average Bonchev–Trinajstić information content (AvgIpc) is 3.29. The van der Waals surface area contributed by atoms with Crippen LogP contribution in [0.1, 0.15) is 53.4 Å². The molecule has 0 saturated carbocycles. The Balaban J connectivity index is 1.68. The van der Waals surface area contributed by atoms with Crippen LogP contribution < -0.4 is 4.74 Å². The molecule has 0 unspecified atom stereocenters. The van der Waals surface area contributed by atoms with Gasteiger partial charge in [-0.25, -0.2) is 9.18 Å². The van der Waals surface area contributed by atoms with Gasteiger partial charge in [-0.2, -0.15) is 10.2 Å². The molecule has 1 heterocycles. The van der Waals surface area contributed by atoms with Gasteiger partial charge in [-0.05, 0) is 79.3 Å². The Hall–Kier alpha value is -3.25. The molecule has 3 aromatic rings. The monoisotopic (exact) mass is 452 g/mol. The first kappa shape index (κ1) is 22.0. The summed E-state index contributed by atoms with van der Waals surface area (Å²) in [6.45, 7) is 2.36. The number of ether oxygens (including phenoxy) is 2. The largest absolute Gasteiger partial charge is 0.488 e. The van der Waals surface area contributed by atoms with Crippen molar-refractivity contribution in [3.8, 4) is 5.75 Å². The predicted molar refractivity (Wildman–Crippen MR) is 121 cm³/mol. The molecule has 32 heavy (non-hydrogen) atoms. The highest BCUT2D eigenvalue weighted by atomic mass is 35.5. The number of benzene rings is 2. The van der Waals surface area contributed by atoms with E-state index < -0.39 is 5.97 Å². The van der Waals surface area contributed by atoms with Crippen LogP contribution in [0.3, 0.4) is 0 Å². The summed E-state index contributed by atoms with van der Waals surface area (Å²) < 4.78 is 24.4. The molecule has 1 aromatic heterocycles. The molecule has 0 atom stereocenters. The van der Waals surface area contributed by atoms with E-state index in [2.05, 4.69) is 10.2 Å². The molecule has 2 aromatic carbocycles. The van der Waals surface area contributed by atoms with Gasteiger partial charge in [0.15, 0.2) is 0 Å². The van der Waals surface area contributed by atoms with Crippen LogP contribution in [0.2, 0.25) is 5.02 Å². The van der Waals surface area contributed by atoms with Crippen molar-refractivity contribution in [3.05, 3.63) is 88.0 Å². The zero-order valence-corrected chi connectivity index (χ0v) is 18.4. The minimum atomic E-state index is -0.421. The Labute approximate surface area is 190 Å². The zero-order chi connectivity index (χ0) is 22.5. The molecule has 1 aliphatic carbocycles. The van der Waals surface area contributed by atoms with Crippen molar-refractivity contribution in [1.29, 1.82) is 0 Å². The predicted octanol–water partition coefficient (Wildman–Crippen LogP) is 6.12. The van der Waals surface area contributed by atoms with Crippen molar-refractivity contribution >= 4 is 28.7 Å². The SMILES string of the molecule is CCOC(=O)c1cnnc(C2=C(c3cc(Cl)ccc3OCc3ccc(F)cc3)CCC2)c1. The third kappa shape index (κ3) is 4.97. The molecule has 7 heteroatoms. The lowest BCUT2D eigenvalue weighted by Crippen LogP contribution is -2.07. The Morgan fingerprint density at radius 3 is 2.66 bits per heavy atom. The fraction of sp³-hybridized carbons (Fsp3) is 0.240. The Morgan fingerprint density at radius 1 is 1.09 bits per heavy atom. The van der Waals surface area contributed by atoms with E-state index in [0.717, 1.165) is 41.5 Å². The number of nitrogens with zero attached hydrogens (tertiary/aromatic N) is 2. The smallest absolute Gasteiger partial charge is 0.339 e. The van der Waals surface area contributed by atoms with Gasteiger partial charge in [0, 0.05) is 10.6 Å². The second-order valence-electron chi connectivity index (χ2n) is 7.42. The van der Waals surface area contributed by atoms with Crippen LogP contribution in [0.15, 0.2) is 54.7 Å². The molecular weight excluding hydrogens is 431 g/mol. The average molecular weight is 453 g/mol. The van der Waals surface area contributed by atoms with Gasteiger partial charge >= 0.3 is 5.97 Å². The molecule has 0 amide bonds. The van der Waals surface area contributed by atoms with Crippen LogP contribution >= 0.6 is 11.6 Å². The number of hydrogen-bond acceptors (Lipinski definition) is 5. The fourth-order valence-corrected chi connectivity index (χ4v) is 3.94. The zero-order valence-electron chi connectivity index (χ0n) is 17.6. The lowest BCUT2D eigenvalue weighted by Gasteiger charge is -2.15. The molecule has 4 rings (SSSR count). The van der Waals surface area contributed by atoms with Crippen LogP contribution in [0.25, 0.3) is 11.1 Å². The van der Waals surface area contributed by atoms with Gasteiger partial charge in [-0.3, -0.25) is 0 Å². The highest BCUT2D eigenvalue weighted by Crippen LogP contribution is 2.43. The quantitative estimate of drug-likeness (QED) is 0.404. The number of rotatable bonds is 7. The van der Waals surface area contributed by atoms with E-state index in [4.69, 9.17) is 21.1 Å². The van der Waals surface area contributed by atoms with E-state index in [-0.39, 0.29) is 5.82 Å². The normalized spacial score (nSPS) is 13.3. The Bertz CT molecular complexity index is 1160. The summed E-state index contributed by atoms with van der Waals surface area (Å²) in [5.74, 6) is -0.0228. The maximum Gasteiger partial charge on any atom is 0.339 e.